The predicted octanol–water partition coefficient (Wildman–Crippen LogP) is 3.48. The molecule has 0 unspecified atom stereocenters. The molecule has 1 N–H and O–H groups in total. The maximum Gasteiger partial charge on any atom is 0.331 e. The molecule has 1 aromatic heterocycles. The number of esters is 1. The first kappa shape index (κ1) is 19.6. The molecule has 0 aliphatic heterocycles. The van der Waals surface area contributed by atoms with Gasteiger partial charge < -0.3 is 10.1 Å². The molecule has 9 heteroatoms. The van der Waals surface area contributed by atoms with E-state index < -0.39 is 34.9 Å². The molecule has 0 aliphatic carbocycles. The van der Waals surface area contributed by atoms with Crippen LogP contribution in [0.5, 0.6) is 0 Å². The first-order valence-electron chi connectivity index (χ1n) is 8.36. The van der Waals surface area contributed by atoms with E-state index in [1.54, 1.807) is 18.3 Å². The van der Waals surface area contributed by atoms with Crippen LogP contribution < -0.4 is 5.32 Å². The zero-order chi connectivity index (χ0) is 20.8. The van der Waals surface area contributed by atoms with Crippen LogP contribution in [0, 0.1) is 15.9 Å². The second-order valence-electron chi connectivity index (χ2n) is 5.83. The summed E-state index contributed by atoms with van der Waals surface area (Å²) in [6.45, 7) is -0.609. The number of amides is 1. The van der Waals surface area contributed by atoms with Crippen molar-refractivity contribution in [3.63, 3.8) is 0 Å². The Bertz CT molecular complexity index is 1120. The quantitative estimate of drug-likeness (QED) is 0.296. The summed E-state index contributed by atoms with van der Waals surface area (Å²) in [6, 6.07) is 12.1. The molecule has 1 heterocycles. The Balaban J connectivity index is 1.58. The fraction of sp³-hybridized carbons (Fsp3) is 0.0500. The molecule has 2 aromatic carbocycles. The highest BCUT2D eigenvalue weighted by molar-refractivity contribution is 5.96. The van der Waals surface area contributed by atoms with Gasteiger partial charge in [-0.3, -0.25) is 19.9 Å². The number of rotatable bonds is 6. The first-order chi connectivity index (χ1) is 13.9. The van der Waals surface area contributed by atoms with Gasteiger partial charge in [-0.25, -0.2) is 4.79 Å². The largest absolute Gasteiger partial charge is 0.452 e. The van der Waals surface area contributed by atoms with E-state index in [-0.39, 0.29) is 5.69 Å². The minimum absolute atomic E-state index is 0.0107. The third-order valence-corrected chi connectivity index (χ3v) is 3.84. The lowest BCUT2D eigenvalue weighted by molar-refractivity contribution is -0.387. The van der Waals surface area contributed by atoms with Crippen molar-refractivity contribution in [2.45, 2.75) is 0 Å². The summed E-state index contributed by atoms with van der Waals surface area (Å²) in [5, 5.41) is 13.9. The zero-order valence-corrected chi connectivity index (χ0v) is 14.9. The van der Waals surface area contributed by atoms with Crippen LogP contribution in [0.4, 0.5) is 15.8 Å². The molecule has 3 aromatic rings. The molecule has 0 radical (unpaired) electrons. The van der Waals surface area contributed by atoms with Crippen molar-refractivity contribution < 1.29 is 23.6 Å². The number of ether oxygens (including phenoxy) is 1. The number of para-hydroxylation sites is 1. The van der Waals surface area contributed by atoms with E-state index in [0.29, 0.717) is 5.56 Å². The number of hydrogen-bond donors (Lipinski definition) is 1. The first-order valence-corrected chi connectivity index (χ1v) is 8.36. The molecule has 0 atom stereocenters. The van der Waals surface area contributed by atoms with Gasteiger partial charge in [-0.05, 0) is 24.3 Å². The molecule has 0 saturated heterocycles. The molecule has 0 fully saturated rings. The average Bonchev–Trinajstić information content (AvgIpc) is 2.72. The van der Waals surface area contributed by atoms with E-state index >= 15 is 0 Å². The van der Waals surface area contributed by atoms with E-state index in [2.05, 4.69) is 10.3 Å². The molecule has 0 saturated carbocycles. The molecule has 29 heavy (non-hydrogen) atoms. The van der Waals surface area contributed by atoms with E-state index in [9.17, 15) is 24.1 Å². The van der Waals surface area contributed by atoms with Gasteiger partial charge in [0.15, 0.2) is 6.61 Å². The molecule has 0 aliphatic rings. The Morgan fingerprint density at radius 1 is 1.21 bits per heavy atom. The van der Waals surface area contributed by atoms with Gasteiger partial charge in [-0.1, -0.05) is 24.3 Å². The molecule has 0 bridgehead atoms. The number of halogens is 1. The highest BCUT2D eigenvalue weighted by Crippen LogP contribution is 2.21. The van der Waals surface area contributed by atoms with Gasteiger partial charge in [0, 0.05) is 35.0 Å². The lowest BCUT2D eigenvalue weighted by atomic mass is 10.1. The van der Waals surface area contributed by atoms with Crippen molar-refractivity contribution in [3.05, 3.63) is 82.3 Å². The van der Waals surface area contributed by atoms with Gasteiger partial charge in [0.2, 0.25) is 5.82 Å². The SMILES string of the molecule is O=C(COC(=O)/C=C/c1cccc2cccnc12)Nc1ccc(F)c([N+](=O)[O-])c1. The van der Waals surface area contributed by atoms with E-state index in [0.717, 1.165) is 29.1 Å². The summed E-state index contributed by atoms with van der Waals surface area (Å²) >= 11 is 0. The van der Waals surface area contributed by atoms with Gasteiger partial charge in [-0.15, -0.1) is 0 Å². The van der Waals surface area contributed by atoms with Crippen LogP contribution in [0.15, 0.2) is 60.8 Å². The van der Waals surface area contributed by atoms with Crippen LogP contribution >= 0.6 is 0 Å². The third kappa shape index (κ3) is 4.98. The third-order valence-electron chi connectivity index (χ3n) is 3.84. The van der Waals surface area contributed by atoms with Crippen LogP contribution in [-0.2, 0) is 14.3 Å². The molecule has 1 amide bonds. The normalized spacial score (nSPS) is 10.8. The minimum Gasteiger partial charge on any atom is -0.452 e. The lowest BCUT2D eigenvalue weighted by Crippen LogP contribution is -2.20. The number of anilines is 1. The van der Waals surface area contributed by atoms with Crippen LogP contribution in [0.1, 0.15) is 5.56 Å². The van der Waals surface area contributed by atoms with Crippen molar-refractivity contribution in [1.82, 2.24) is 4.98 Å². The number of nitro groups is 1. The smallest absolute Gasteiger partial charge is 0.331 e. The summed E-state index contributed by atoms with van der Waals surface area (Å²) < 4.78 is 18.1. The maximum absolute atomic E-state index is 13.3. The van der Waals surface area contributed by atoms with E-state index in [1.807, 2.05) is 18.2 Å². The van der Waals surface area contributed by atoms with Crippen LogP contribution in [-0.4, -0.2) is 28.4 Å². The van der Waals surface area contributed by atoms with Crippen LogP contribution in [0.3, 0.4) is 0 Å². The van der Waals surface area contributed by atoms with Crippen molar-refractivity contribution in [3.8, 4) is 0 Å². The Kier molecular flexibility index (Phi) is 5.88. The van der Waals surface area contributed by atoms with Crippen molar-refractivity contribution in [2.24, 2.45) is 0 Å². The monoisotopic (exact) mass is 395 g/mol. The van der Waals surface area contributed by atoms with Gasteiger partial charge in [0.1, 0.15) is 0 Å². The van der Waals surface area contributed by atoms with Gasteiger partial charge >= 0.3 is 11.7 Å². The molecular weight excluding hydrogens is 381 g/mol. The fourth-order valence-corrected chi connectivity index (χ4v) is 2.53. The molecule has 146 valence electrons. The van der Waals surface area contributed by atoms with Crippen molar-refractivity contribution >= 4 is 40.2 Å². The summed E-state index contributed by atoms with van der Waals surface area (Å²) in [7, 11) is 0. The number of fused-ring (bicyclic) bond motifs is 1. The van der Waals surface area contributed by atoms with E-state index in [1.165, 1.54) is 12.2 Å². The molecule has 3 rings (SSSR count). The number of pyridine rings is 1. The van der Waals surface area contributed by atoms with Gasteiger partial charge in [0.25, 0.3) is 5.91 Å². The number of hydrogen-bond acceptors (Lipinski definition) is 6. The number of carbonyl (C=O) groups excluding carboxylic acids is 2. The summed E-state index contributed by atoms with van der Waals surface area (Å²) in [5.74, 6) is -2.50. The van der Waals surface area contributed by atoms with E-state index in [4.69, 9.17) is 4.74 Å². The average molecular weight is 395 g/mol. The molecule has 8 nitrogen and oxygen atoms in total. The van der Waals surface area contributed by atoms with Crippen molar-refractivity contribution in [2.75, 3.05) is 11.9 Å². The number of benzene rings is 2. The zero-order valence-electron chi connectivity index (χ0n) is 14.9. The van der Waals surface area contributed by atoms with Crippen LogP contribution in [0.2, 0.25) is 0 Å². The topological polar surface area (TPSA) is 111 Å². The standard InChI is InChI=1S/C20H14FN3O5/c21-16-8-7-15(11-17(16)24(27)28)23-18(25)12-29-19(26)9-6-14-4-1-3-13-5-2-10-22-20(13)14/h1-11H,12H2,(H,23,25)/b9-6+. The van der Waals surface area contributed by atoms with Crippen LogP contribution in [0.25, 0.3) is 17.0 Å². The minimum atomic E-state index is -1.02. The number of carbonyl (C=O) groups is 2. The number of nitrogens with one attached hydrogen (secondary N) is 1. The second kappa shape index (κ2) is 8.70. The maximum atomic E-state index is 13.3. The second-order valence-corrected chi connectivity index (χ2v) is 5.83. The van der Waals surface area contributed by atoms with Crippen molar-refractivity contribution in [1.29, 1.82) is 0 Å². The van der Waals surface area contributed by atoms with Gasteiger partial charge in [-0.2, -0.15) is 4.39 Å². The Hall–Kier alpha value is -4.14. The number of nitrogens with zero attached hydrogens (tertiary/aromatic N) is 2. The highest BCUT2D eigenvalue weighted by atomic mass is 19.1. The summed E-state index contributed by atoms with van der Waals surface area (Å²) in [6.07, 6.45) is 4.33. The highest BCUT2D eigenvalue weighted by Gasteiger charge is 2.15. The lowest BCUT2D eigenvalue weighted by Gasteiger charge is -2.05. The molecular formula is C20H14FN3O5. The summed E-state index contributed by atoms with van der Waals surface area (Å²) in [5.41, 5.74) is 0.667. The summed E-state index contributed by atoms with van der Waals surface area (Å²) in [4.78, 5) is 37.8. The predicted molar refractivity (Wildman–Crippen MR) is 103 cm³/mol. The number of aromatic nitrogens is 1. The van der Waals surface area contributed by atoms with Gasteiger partial charge in [0.05, 0.1) is 10.4 Å². The number of nitro benzene ring substituents is 1. The fourth-order valence-electron chi connectivity index (χ4n) is 2.53. The Morgan fingerprint density at radius 3 is 2.79 bits per heavy atom. The molecule has 0 spiro atoms. The Labute approximate surface area is 163 Å². The Morgan fingerprint density at radius 2 is 2.00 bits per heavy atom.